The van der Waals surface area contributed by atoms with Crippen LogP contribution in [0.25, 0.3) is 10.9 Å². The predicted molar refractivity (Wildman–Crippen MR) is 108 cm³/mol. The van der Waals surface area contributed by atoms with Crippen molar-refractivity contribution in [1.82, 2.24) is 9.29 Å². The van der Waals surface area contributed by atoms with E-state index in [-0.39, 0.29) is 5.75 Å². The average molecular weight is 405 g/mol. The molecule has 5 nitrogen and oxygen atoms in total. The second kappa shape index (κ2) is 6.86. The molecule has 1 unspecified atom stereocenters. The third-order valence-electron chi connectivity index (χ3n) is 5.20. The van der Waals surface area contributed by atoms with Gasteiger partial charge in [0, 0.05) is 28.2 Å². The van der Waals surface area contributed by atoms with Gasteiger partial charge in [-0.25, -0.2) is 8.42 Å². The van der Waals surface area contributed by atoms with Gasteiger partial charge in [0.1, 0.15) is 5.75 Å². The van der Waals surface area contributed by atoms with E-state index in [1.807, 2.05) is 42.5 Å². The van der Waals surface area contributed by atoms with E-state index in [0.717, 1.165) is 33.5 Å². The van der Waals surface area contributed by atoms with Crippen molar-refractivity contribution in [1.29, 1.82) is 0 Å². The largest absolute Gasteiger partial charge is 0.497 e. The van der Waals surface area contributed by atoms with Crippen molar-refractivity contribution in [2.24, 2.45) is 0 Å². The van der Waals surface area contributed by atoms with E-state index in [0.29, 0.717) is 18.0 Å². The Morgan fingerprint density at radius 2 is 1.96 bits per heavy atom. The summed E-state index contributed by atoms with van der Waals surface area (Å²) in [7, 11) is -1.75. The Bertz CT molecular complexity index is 1090. The number of rotatable bonds is 4. The average Bonchev–Trinajstić information content (AvgIpc) is 3.05. The molecule has 0 saturated heterocycles. The third kappa shape index (κ3) is 3.12. The van der Waals surface area contributed by atoms with Gasteiger partial charge in [-0.1, -0.05) is 23.7 Å². The van der Waals surface area contributed by atoms with Crippen molar-refractivity contribution in [3.8, 4) is 5.75 Å². The highest BCUT2D eigenvalue weighted by atomic mass is 35.5. The maximum atomic E-state index is 12.8. The van der Waals surface area contributed by atoms with Gasteiger partial charge in [-0.05, 0) is 54.8 Å². The molecule has 7 heteroatoms. The number of H-pyrrole nitrogens is 1. The molecule has 0 spiro atoms. The van der Waals surface area contributed by atoms with Gasteiger partial charge in [-0.2, -0.15) is 4.31 Å². The molecular formula is C20H21ClN2O3S. The van der Waals surface area contributed by atoms with Gasteiger partial charge in [0.25, 0.3) is 0 Å². The van der Waals surface area contributed by atoms with Gasteiger partial charge in [-0.15, -0.1) is 0 Å². The normalized spacial score (nSPS) is 17.8. The Morgan fingerprint density at radius 3 is 2.63 bits per heavy atom. The van der Waals surface area contributed by atoms with Gasteiger partial charge < -0.3 is 9.72 Å². The van der Waals surface area contributed by atoms with E-state index in [2.05, 4.69) is 4.98 Å². The number of hydrogen-bond donors (Lipinski definition) is 1. The van der Waals surface area contributed by atoms with E-state index in [4.69, 9.17) is 16.3 Å². The van der Waals surface area contributed by atoms with Crippen LogP contribution in [0.2, 0.25) is 5.02 Å². The minimum absolute atomic E-state index is 0.0705. The summed E-state index contributed by atoms with van der Waals surface area (Å²) in [4.78, 5) is 3.45. The Kier molecular flexibility index (Phi) is 4.66. The lowest BCUT2D eigenvalue weighted by Gasteiger charge is -2.35. The number of methoxy groups -OCH3 is 1. The number of sulfonamides is 1. The van der Waals surface area contributed by atoms with Crippen molar-refractivity contribution < 1.29 is 13.2 Å². The summed E-state index contributed by atoms with van der Waals surface area (Å²) >= 11 is 6.19. The number of halogens is 1. The zero-order valence-electron chi connectivity index (χ0n) is 15.2. The van der Waals surface area contributed by atoms with Crippen molar-refractivity contribution in [2.75, 3.05) is 19.4 Å². The molecule has 1 aliphatic rings. The van der Waals surface area contributed by atoms with Crippen LogP contribution >= 0.6 is 11.6 Å². The minimum Gasteiger partial charge on any atom is -0.497 e. The number of nitrogens with zero attached hydrogens (tertiary/aromatic N) is 1. The van der Waals surface area contributed by atoms with Crippen LogP contribution in [0.1, 0.15) is 29.8 Å². The lowest BCUT2D eigenvalue weighted by atomic mass is 9.94. The van der Waals surface area contributed by atoms with Crippen LogP contribution < -0.4 is 4.74 Å². The van der Waals surface area contributed by atoms with E-state index in [9.17, 15) is 8.42 Å². The van der Waals surface area contributed by atoms with Gasteiger partial charge in [0.2, 0.25) is 10.0 Å². The minimum atomic E-state index is -3.37. The summed E-state index contributed by atoms with van der Waals surface area (Å²) in [6.45, 7) is 2.13. The van der Waals surface area contributed by atoms with Gasteiger partial charge in [-0.3, -0.25) is 0 Å². The SMILES string of the molecule is CCS(=O)(=O)N1CCc2c([nH]c3ccc(Cl)cc23)C1c1ccc(OC)cc1. The fourth-order valence-corrected chi connectivity index (χ4v) is 5.24. The Labute approximate surface area is 164 Å². The van der Waals surface area contributed by atoms with Crippen LogP contribution in [0, 0.1) is 0 Å². The second-order valence-electron chi connectivity index (χ2n) is 6.64. The molecule has 0 aliphatic carbocycles. The Balaban J connectivity index is 1.92. The first-order valence-corrected chi connectivity index (χ1v) is 10.9. The van der Waals surface area contributed by atoms with Crippen LogP contribution in [-0.4, -0.2) is 37.1 Å². The number of benzene rings is 2. The van der Waals surface area contributed by atoms with Crippen LogP contribution in [-0.2, 0) is 16.4 Å². The summed E-state index contributed by atoms with van der Waals surface area (Å²) in [6, 6.07) is 12.9. The molecule has 2 heterocycles. The number of aromatic amines is 1. The molecule has 0 fully saturated rings. The number of aromatic nitrogens is 1. The van der Waals surface area contributed by atoms with Gasteiger partial charge >= 0.3 is 0 Å². The molecule has 1 atom stereocenters. The number of nitrogens with one attached hydrogen (secondary N) is 1. The Morgan fingerprint density at radius 1 is 1.22 bits per heavy atom. The number of ether oxygens (including phenoxy) is 1. The van der Waals surface area contributed by atoms with Crippen LogP contribution in [0.15, 0.2) is 42.5 Å². The molecule has 2 aromatic carbocycles. The van der Waals surface area contributed by atoms with Crippen molar-refractivity contribution in [2.45, 2.75) is 19.4 Å². The molecule has 0 bridgehead atoms. The molecule has 0 amide bonds. The third-order valence-corrected chi connectivity index (χ3v) is 7.27. The first-order chi connectivity index (χ1) is 12.9. The molecule has 142 valence electrons. The Hall–Kier alpha value is -2.02. The summed E-state index contributed by atoms with van der Waals surface area (Å²) < 4.78 is 32.5. The van der Waals surface area contributed by atoms with E-state index >= 15 is 0 Å². The smallest absolute Gasteiger partial charge is 0.214 e. The highest BCUT2D eigenvalue weighted by Crippen LogP contribution is 2.40. The summed E-state index contributed by atoms with van der Waals surface area (Å²) in [6.07, 6.45) is 0.654. The summed E-state index contributed by atoms with van der Waals surface area (Å²) in [5.74, 6) is 0.809. The zero-order valence-corrected chi connectivity index (χ0v) is 16.8. The van der Waals surface area contributed by atoms with E-state index in [1.165, 1.54) is 0 Å². The highest BCUT2D eigenvalue weighted by molar-refractivity contribution is 7.89. The first kappa shape index (κ1) is 18.3. The van der Waals surface area contributed by atoms with Crippen molar-refractivity contribution >= 4 is 32.5 Å². The second-order valence-corrected chi connectivity index (χ2v) is 9.29. The highest BCUT2D eigenvalue weighted by Gasteiger charge is 2.37. The molecule has 1 N–H and O–H groups in total. The molecule has 1 aromatic heterocycles. The first-order valence-electron chi connectivity index (χ1n) is 8.88. The molecule has 4 rings (SSSR count). The number of fused-ring (bicyclic) bond motifs is 3. The lowest BCUT2D eigenvalue weighted by molar-refractivity contribution is 0.340. The summed E-state index contributed by atoms with van der Waals surface area (Å²) in [5, 5.41) is 1.73. The molecule has 3 aromatic rings. The molecule has 27 heavy (non-hydrogen) atoms. The van der Waals surface area contributed by atoms with E-state index < -0.39 is 16.1 Å². The van der Waals surface area contributed by atoms with Crippen LogP contribution in [0.4, 0.5) is 0 Å². The molecule has 0 radical (unpaired) electrons. The summed E-state index contributed by atoms with van der Waals surface area (Å²) in [5.41, 5.74) is 3.93. The monoisotopic (exact) mass is 404 g/mol. The van der Waals surface area contributed by atoms with Crippen LogP contribution in [0.5, 0.6) is 5.75 Å². The maximum Gasteiger partial charge on any atom is 0.214 e. The maximum absolute atomic E-state index is 12.8. The van der Waals surface area contributed by atoms with Gasteiger partial charge in [0.05, 0.1) is 18.9 Å². The molecule has 0 saturated carbocycles. The van der Waals surface area contributed by atoms with Gasteiger partial charge in [0.15, 0.2) is 0 Å². The van der Waals surface area contributed by atoms with Crippen LogP contribution in [0.3, 0.4) is 0 Å². The van der Waals surface area contributed by atoms with Crippen molar-refractivity contribution in [3.05, 3.63) is 64.3 Å². The topological polar surface area (TPSA) is 62.4 Å². The lowest BCUT2D eigenvalue weighted by Crippen LogP contribution is -2.41. The zero-order chi connectivity index (χ0) is 19.2. The molecule has 1 aliphatic heterocycles. The quantitative estimate of drug-likeness (QED) is 0.711. The van der Waals surface area contributed by atoms with Crippen molar-refractivity contribution in [3.63, 3.8) is 0 Å². The fraction of sp³-hybridized carbons (Fsp3) is 0.300. The number of hydrogen-bond acceptors (Lipinski definition) is 3. The predicted octanol–water partition coefficient (Wildman–Crippen LogP) is 4.13. The molecular weight excluding hydrogens is 384 g/mol. The standard InChI is InChI=1S/C20H21ClN2O3S/c1-3-27(24,25)23-11-10-16-17-12-14(21)6-9-18(17)22-19(16)20(23)13-4-7-15(26-2)8-5-13/h4-9,12,20,22H,3,10-11H2,1-2H3. The van der Waals surface area contributed by atoms with E-state index in [1.54, 1.807) is 18.3 Å². The fourth-order valence-electron chi connectivity index (χ4n) is 3.82.